The molecule has 1 heterocycles. The molecule has 2 nitrogen and oxygen atoms in total. The lowest BCUT2D eigenvalue weighted by Crippen LogP contribution is -2.61. The Balaban J connectivity index is 2.14. The van der Waals surface area contributed by atoms with Crippen LogP contribution < -0.4 is 5.32 Å². The molecule has 0 bridgehead atoms. The second kappa shape index (κ2) is 7.05. The summed E-state index contributed by atoms with van der Waals surface area (Å²) in [5, 5.41) is 3.79. The van der Waals surface area contributed by atoms with Crippen molar-refractivity contribution in [2.24, 2.45) is 0 Å². The van der Waals surface area contributed by atoms with Crippen LogP contribution in [-0.2, 0) is 5.54 Å². The Hall–Kier alpha value is -1.12. The van der Waals surface area contributed by atoms with Gasteiger partial charge in [-0.3, -0.25) is 4.90 Å². The van der Waals surface area contributed by atoms with Crippen molar-refractivity contribution in [3.05, 3.63) is 48.0 Å². The molecule has 110 valence electrons. The zero-order valence-corrected chi connectivity index (χ0v) is 13.1. The highest BCUT2D eigenvalue weighted by Gasteiger charge is 2.35. The number of piperazine rings is 1. The smallest absolute Gasteiger partial charge is 0.0535 e. The van der Waals surface area contributed by atoms with E-state index in [4.69, 9.17) is 0 Å². The van der Waals surface area contributed by atoms with Gasteiger partial charge in [-0.15, -0.1) is 0 Å². The van der Waals surface area contributed by atoms with Gasteiger partial charge in [-0.2, -0.15) is 0 Å². The van der Waals surface area contributed by atoms with Gasteiger partial charge in [0.1, 0.15) is 0 Å². The van der Waals surface area contributed by atoms with Gasteiger partial charge in [0.2, 0.25) is 0 Å². The number of nitrogens with zero attached hydrogens (tertiary/aromatic N) is 1. The van der Waals surface area contributed by atoms with E-state index in [2.05, 4.69) is 73.5 Å². The van der Waals surface area contributed by atoms with Gasteiger partial charge in [-0.25, -0.2) is 0 Å². The van der Waals surface area contributed by atoms with E-state index < -0.39 is 0 Å². The molecule has 1 aromatic rings. The minimum Gasteiger partial charge on any atom is -0.305 e. The van der Waals surface area contributed by atoms with Crippen LogP contribution in [0.25, 0.3) is 0 Å². The molecule has 1 N–H and O–H groups in total. The molecule has 1 aliphatic rings. The SMILES string of the molecule is C/C=C/CN1CC(C)(c2ccccc2)NCC1CCC. The molecule has 2 unspecified atom stereocenters. The van der Waals surface area contributed by atoms with Crippen LogP contribution in [0.3, 0.4) is 0 Å². The Morgan fingerprint density at radius 1 is 1.35 bits per heavy atom. The first-order chi connectivity index (χ1) is 9.69. The Kier molecular flexibility index (Phi) is 5.38. The quantitative estimate of drug-likeness (QED) is 0.825. The van der Waals surface area contributed by atoms with E-state index in [0.717, 1.165) is 19.6 Å². The summed E-state index contributed by atoms with van der Waals surface area (Å²) in [6, 6.07) is 11.5. The minimum atomic E-state index is 0.0626. The monoisotopic (exact) mass is 272 g/mol. The van der Waals surface area contributed by atoms with Crippen molar-refractivity contribution in [1.29, 1.82) is 0 Å². The molecule has 2 rings (SSSR count). The average molecular weight is 272 g/mol. The van der Waals surface area contributed by atoms with Crippen LogP contribution in [0.15, 0.2) is 42.5 Å². The topological polar surface area (TPSA) is 15.3 Å². The summed E-state index contributed by atoms with van der Waals surface area (Å²) in [5.41, 5.74) is 1.45. The Labute approximate surface area is 123 Å². The molecule has 20 heavy (non-hydrogen) atoms. The molecule has 0 radical (unpaired) electrons. The largest absolute Gasteiger partial charge is 0.305 e. The molecule has 0 aliphatic carbocycles. The number of allylic oxidation sites excluding steroid dienone is 1. The summed E-state index contributed by atoms with van der Waals surface area (Å²) in [6.45, 7) is 9.92. The fourth-order valence-corrected chi connectivity index (χ4v) is 3.13. The van der Waals surface area contributed by atoms with Crippen molar-refractivity contribution in [3.63, 3.8) is 0 Å². The van der Waals surface area contributed by atoms with Gasteiger partial charge in [0, 0.05) is 25.7 Å². The third-order valence-corrected chi connectivity index (χ3v) is 4.37. The minimum absolute atomic E-state index is 0.0626. The first-order valence-electron chi connectivity index (χ1n) is 7.85. The average Bonchev–Trinajstić information content (AvgIpc) is 2.49. The predicted molar refractivity (Wildman–Crippen MR) is 86.9 cm³/mol. The maximum Gasteiger partial charge on any atom is 0.0535 e. The van der Waals surface area contributed by atoms with Crippen LogP contribution in [0.5, 0.6) is 0 Å². The van der Waals surface area contributed by atoms with Crippen molar-refractivity contribution < 1.29 is 0 Å². The van der Waals surface area contributed by atoms with Gasteiger partial charge in [0.15, 0.2) is 0 Å². The molecule has 0 spiro atoms. The highest BCUT2D eigenvalue weighted by Crippen LogP contribution is 2.27. The third-order valence-electron chi connectivity index (χ3n) is 4.37. The molecular formula is C18H28N2. The first kappa shape index (κ1) is 15.3. The summed E-state index contributed by atoms with van der Waals surface area (Å²) in [4.78, 5) is 2.63. The van der Waals surface area contributed by atoms with Crippen LogP contribution in [-0.4, -0.2) is 30.6 Å². The van der Waals surface area contributed by atoms with E-state index >= 15 is 0 Å². The summed E-state index contributed by atoms with van der Waals surface area (Å²) in [6.07, 6.45) is 6.96. The summed E-state index contributed by atoms with van der Waals surface area (Å²) < 4.78 is 0. The number of hydrogen-bond acceptors (Lipinski definition) is 2. The van der Waals surface area contributed by atoms with E-state index in [9.17, 15) is 0 Å². The second-order valence-electron chi connectivity index (χ2n) is 6.02. The highest BCUT2D eigenvalue weighted by atomic mass is 15.2. The Bertz CT molecular complexity index is 426. The van der Waals surface area contributed by atoms with Gasteiger partial charge in [0.25, 0.3) is 0 Å². The van der Waals surface area contributed by atoms with Crippen LogP contribution in [0, 0.1) is 0 Å². The molecule has 0 amide bonds. The maximum absolute atomic E-state index is 3.79. The number of benzene rings is 1. The van der Waals surface area contributed by atoms with Gasteiger partial charge < -0.3 is 5.32 Å². The van der Waals surface area contributed by atoms with Crippen LogP contribution in [0.1, 0.15) is 39.2 Å². The number of rotatable bonds is 5. The van der Waals surface area contributed by atoms with E-state index in [1.54, 1.807) is 0 Å². The first-order valence-corrected chi connectivity index (χ1v) is 7.85. The van der Waals surface area contributed by atoms with Gasteiger partial charge in [-0.05, 0) is 25.8 Å². The summed E-state index contributed by atoms with van der Waals surface area (Å²) >= 11 is 0. The van der Waals surface area contributed by atoms with Crippen molar-refractivity contribution in [3.8, 4) is 0 Å². The Morgan fingerprint density at radius 3 is 2.75 bits per heavy atom. The zero-order valence-electron chi connectivity index (χ0n) is 13.1. The molecule has 1 aromatic carbocycles. The fourth-order valence-electron chi connectivity index (χ4n) is 3.13. The Morgan fingerprint density at radius 2 is 2.10 bits per heavy atom. The molecule has 0 aromatic heterocycles. The molecule has 1 aliphatic heterocycles. The van der Waals surface area contributed by atoms with Gasteiger partial charge in [-0.1, -0.05) is 55.8 Å². The fraction of sp³-hybridized carbons (Fsp3) is 0.556. The van der Waals surface area contributed by atoms with Crippen molar-refractivity contribution in [2.45, 2.75) is 45.2 Å². The molecule has 1 saturated heterocycles. The van der Waals surface area contributed by atoms with Crippen molar-refractivity contribution >= 4 is 0 Å². The molecule has 0 saturated carbocycles. The molecule has 2 heteroatoms. The van der Waals surface area contributed by atoms with Crippen LogP contribution >= 0.6 is 0 Å². The highest BCUT2D eigenvalue weighted by molar-refractivity contribution is 5.25. The maximum atomic E-state index is 3.79. The molecule has 2 atom stereocenters. The lowest BCUT2D eigenvalue weighted by Gasteiger charge is -2.46. The number of nitrogens with one attached hydrogen (secondary N) is 1. The van der Waals surface area contributed by atoms with Crippen LogP contribution in [0.2, 0.25) is 0 Å². The normalized spacial score (nSPS) is 28.1. The van der Waals surface area contributed by atoms with E-state index in [0.29, 0.717) is 6.04 Å². The lowest BCUT2D eigenvalue weighted by molar-refractivity contribution is 0.0915. The van der Waals surface area contributed by atoms with Crippen LogP contribution in [0.4, 0.5) is 0 Å². The van der Waals surface area contributed by atoms with E-state index in [1.807, 2.05) is 0 Å². The zero-order chi connectivity index (χ0) is 14.4. The second-order valence-corrected chi connectivity index (χ2v) is 6.02. The van der Waals surface area contributed by atoms with E-state index in [-0.39, 0.29) is 5.54 Å². The van der Waals surface area contributed by atoms with Gasteiger partial charge in [0.05, 0.1) is 5.54 Å². The standard InChI is InChI=1S/C18H28N2/c1-4-6-13-20-15-18(3,16-11-8-7-9-12-16)19-14-17(20)10-5-2/h4,6-9,11-12,17,19H,5,10,13-15H2,1-3H3/b6-4+. The number of hydrogen-bond donors (Lipinski definition) is 1. The predicted octanol–water partition coefficient (Wildman–Crippen LogP) is 3.55. The molecular weight excluding hydrogens is 244 g/mol. The summed E-state index contributed by atoms with van der Waals surface area (Å²) in [7, 11) is 0. The molecule has 1 fully saturated rings. The van der Waals surface area contributed by atoms with Crippen molar-refractivity contribution in [1.82, 2.24) is 10.2 Å². The van der Waals surface area contributed by atoms with E-state index in [1.165, 1.54) is 18.4 Å². The lowest BCUT2D eigenvalue weighted by atomic mass is 9.87. The van der Waals surface area contributed by atoms with Gasteiger partial charge >= 0.3 is 0 Å². The third kappa shape index (κ3) is 3.50. The van der Waals surface area contributed by atoms with Crippen molar-refractivity contribution in [2.75, 3.05) is 19.6 Å². The summed E-state index contributed by atoms with van der Waals surface area (Å²) in [5.74, 6) is 0.